The molecule has 0 aliphatic carbocycles. The van der Waals surface area contributed by atoms with Gasteiger partial charge < -0.3 is 5.73 Å². The summed E-state index contributed by atoms with van der Waals surface area (Å²) in [6.07, 6.45) is 1.03. The number of benzene rings is 1. The van der Waals surface area contributed by atoms with Crippen molar-refractivity contribution < 1.29 is 0 Å². The van der Waals surface area contributed by atoms with Crippen LogP contribution < -0.4 is 5.73 Å². The van der Waals surface area contributed by atoms with Gasteiger partial charge in [-0.2, -0.15) is 9.78 Å². The molecule has 2 N–H and O–H groups in total. The van der Waals surface area contributed by atoms with Crippen molar-refractivity contribution in [2.45, 2.75) is 27.2 Å². The summed E-state index contributed by atoms with van der Waals surface area (Å²) in [5, 5.41) is 4.35. The Morgan fingerprint density at radius 1 is 1.00 bits per heavy atom. The van der Waals surface area contributed by atoms with Crippen LogP contribution in [-0.2, 0) is 6.42 Å². The Hall–Kier alpha value is -2.69. The smallest absolute Gasteiger partial charge is 0.253 e. The number of nitrogens with two attached hydrogens (primary N) is 1. The van der Waals surface area contributed by atoms with Crippen molar-refractivity contribution in [1.82, 2.24) is 19.7 Å². The monoisotopic (exact) mass is 293 g/mol. The molecule has 0 radical (unpaired) electrons. The van der Waals surface area contributed by atoms with Gasteiger partial charge >= 0.3 is 0 Å². The zero-order valence-electron chi connectivity index (χ0n) is 13.0. The number of hydrogen-bond acceptors (Lipinski definition) is 4. The largest absolute Gasteiger partial charge is 0.383 e. The van der Waals surface area contributed by atoms with Crippen molar-refractivity contribution >= 4 is 5.82 Å². The maximum Gasteiger partial charge on any atom is 0.253 e. The Labute approximate surface area is 129 Å². The van der Waals surface area contributed by atoms with Gasteiger partial charge in [0, 0.05) is 17.3 Å². The average Bonchev–Trinajstić information content (AvgIpc) is 2.85. The minimum atomic E-state index is 0.500. The van der Waals surface area contributed by atoms with E-state index in [1.165, 1.54) is 5.56 Å². The van der Waals surface area contributed by atoms with E-state index < -0.39 is 0 Å². The van der Waals surface area contributed by atoms with Crippen LogP contribution in [0.4, 0.5) is 5.82 Å². The van der Waals surface area contributed by atoms with Gasteiger partial charge in [-0.05, 0) is 31.9 Å². The van der Waals surface area contributed by atoms with E-state index in [-0.39, 0.29) is 0 Å². The highest BCUT2D eigenvalue weighted by Crippen LogP contribution is 2.21. The first-order valence-electron chi connectivity index (χ1n) is 7.34. The molecule has 0 aliphatic rings. The van der Waals surface area contributed by atoms with E-state index in [1.54, 1.807) is 10.7 Å². The average molecular weight is 293 g/mol. The molecule has 1 aromatic carbocycles. The lowest BCUT2D eigenvalue weighted by molar-refractivity contribution is 0.801. The highest BCUT2D eigenvalue weighted by Gasteiger charge is 2.10. The number of aromatic nitrogens is 4. The van der Waals surface area contributed by atoms with Crippen LogP contribution in [0.5, 0.6) is 0 Å². The minimum absolute atomic E-state index is 0.500. The van der Waals surface area contributed by atoms with Gasteiger partial charge in [-0.15, -0.1) is 0 Å². The Morgan fingerprint density at radius 3 is 2.32 bits per heavy atom. The third kappa shape index (κ3) is 2.70. The second-order valence-electron chi connectivity index (χ2n) is 5.37. The lowest BCUT2D eigenvalue weighted by Gasteiger charge is -2.08. The van der Waals surface area contributed by atoms with Crippen LogP contribution in [0.25, 0.3) is 17.2 Å². The first-order valence-corrected chi connectivity index (χ1v) is 7.34. The maximum atomic E-state index is 5.97. The molecule has 0 bridgehead atoms. The number of nitrogen functional groups attached to an aromatic ring is 1. The Balaban J connectivity index is 2.07. The van der Waals surface area contributed by atoms with Crippen LogP contribution in [0.1, 0.15) is 23.9 Å². The fourth-order valence-electron chi connectivity index (χ4n) is 2.39. The summed E-state index contributed by atoms with van der Waals surface area (Å²) >= 11 is 0. The third-order valence-corrected chi connectivity index (χ3v) is 3.55. The van der Waals surface area contributed by atoms with Crippen molar-refractivity contribution in [1.29, 1.82) is 0 Å². The molecule has 0 amide bonds. The summed E-state index contributed by atoms with van der Waals surface area (Å²) in [7, 11) is 0. The standard InChI is InChI=1S/C17H19N5/c1-4-13-5-7-14(8-6-13)15-9-11(2)19-17(20-15)22-16(18)10-12(3)21-22/h5-10H,4,18H2,1-3H3. The molecule has 112 valence electrons. The van der Waals surface area contributed by atoms with Crippen molar-refractivity contribution in [3.8, 4) is 17.2 Å². The molecule has 0 saturated heterocycles. The van der Waals surface area contributed by atoms with E-state index in [2.05, 4.69) is 46.3 Å². The molecule has 3 rings (SSSR count). The van der Waals surface area contributed by atoms with Crippen molar-refractivity contribution in [2.24, 2.45) is 0 Å². The van der Waals surface area contributed by atoms with Gasteiger partial charge in [0.1, 0.15) is 5.82 Å². The van der Waals surface area contributed by atoms with Crippen LogP contribution >= 0.6 is 0 Å². The quantitative estimate of drug-likeness (QED) is 0.805. The summed E-state index contributed by atoms with van der Waals surface area (Å²) in [6.45, 7) is 5.99. The maximum absolute atomic E-state index is 5.97. The molecule has 0 atom stereocenters. The van der Waals surface area contributed by atoms with Crippen LogP contribution in [0.3, 0.4) is 0 Å². The fraction of sp³-hybridized carbons (Fsp3) is 0.235. The topological polar surface area (TPSA) is 69.6 Å². The predicted molar refractivity (Wildman–Crippen MR) is 87.9 cm³/mol. The van der Waals surface area contributed by atoms with Crippen LogP contribution in [0, 0.1) is 13.8 Å². The Kier molecular flexibility index (Phi) is 3.63. The Bertz CT molecular complexity index is 802. The van der Waals surface area contributed by atoms with E-state index in [1.807, 2.05) is 19.9 Å². The molecule has 22 heavy (non-hydrogen) atoms. The van der Waals surface area contributed by atoms with Gasteiger partial charge in [0.25, 0.3) is 5.95 Å². The van der Waals surface area contributed by atoms with E-state index in [0.717, 1.165) is 29.1 Å². The highest BCUT2D eigenvalue weighted by molar-refractivity contribution is 5.60. The molecule has 5 heteroatoms. The number of anilines is 1. The molecule has 0 saturated carbocycles. The summed E-state index contributed by atoms with van der Waals surface area (Å²) < 4.78 is 1.58. The molecule has 0 unspecified atom stereocenters. The molecule has 2 heterocycles. The molecule has 0 spiro atoms. The number of aryl methyl sites for hydroxylation is 3. The normalized spacial score (nSPS) is 10.9. The zero-order valence-corrected chi connectivity index (χ0v) is 13.0. The lowest BCUT2D eigenvalue weighted by atomic mass is 10.1. The molecular weight excluding hydrogens is 274 g/mol. The second kappa shape index (κ2) is 5.60. The van der Waals surface area contributed by atoms with Crippen molar-refractivity contribution in [3.05, 3.63) is 53.3 Å². The second-order valence-corrected chi connectivity index (χ2v) is 5.37. The summed E-state index contributed by atoms with van der Waals surface area (Å²) in [4.78, 5) is 9.06. The molecule has 5 nitrogen and oxygen atoms in total. The Morgan fingerprint density at radius 2 is 1.73 bits per heavy atom. The van der Waals surface area contributed by atoms with E-state index in [9.17, 15) is 0 Å². The number of rotatable bonds is 3. The number of hydrogen-bond donors (Lipinski definition) is 1. The van der Waals surface area contributed by atoms with E-state index in [4.69, 9.17) is 5.73 Å². The zero-order chi connectivity index (χ0) is 15.7. The first-order chi connectivity index (χ1) is 10.6. The molecule has 0 fully saturated rings. The van der Waals surface area contributed by atoms with Crippen LogP contribution in [0.15, 0.2) is 36.4 Å². The highest BCUT2D eigenvalue weighted by atomic mass is 15.4. The predicted octanol–water partition coefficient (Wildman–Crippen LogP) is 3.09. The van der Waals surface area contributed by atoms with E-state index >= 15 is 0 Å². The molecular formula is C17H19N5. The van der Waals surface area contributed by atoms with Crippen molar-refractivity contribution in [2.75, 3.05) is 5.73 Å². The van der Waals surface area contributed by atoms with Crippen molar-refractivity contribution in [3.63, 3.8) is 0 Å². The SMILES string of the molecule is CCc1ccc(-c2cc(C)nc(-n3nc(C)cc3N)n2)cc1. The van der Waals surface area contributed by atoms with Crippen LogP contribution in [-0.4, -0.2) is 19.7 Å². The minimum Gasteiger partial charge on any atom is -0.383 e. The van der Waals surface area contributed by atoms with Gasteiger partial charge in [-0.3, -0.25) is 0 Å². The van der Waals surface area contributed by atoms with Crippen LogP contribution in [0.2, 0.25) is 0 Å². The molecule has 3 aromatic rings. The third-order valence-electron chi connectivity index (χ3n) is 3.55. The van der Waals surface area contributed by atoms with Gasteiger partial charge in [0.15, 0.2) is 0 Å². The fourth-order valence-corrected chi connectivity index (χ4v) is 2.39. The van der Waals surface area contributed by atoms with Gasteiger partial charge in [0.05, 0.1) is 11.4 Å². The molecule has 0 aliphatic heterocycles. The lowest BCUT2D eigenvalue weighted by Crippen LogP contribution is -2.08. The summed E-state index contributed by atoms with van der Waals surface area (Å²) in [6, 6.07) is 12.2. The van der Waals surface area contributed by atoms with Gasteiger partial charge in [0.2, 0.25) is 0 Å². The molecule has 2 aromatic heterocycles. The first kappa shape index (κ1) is 14.3. The summed E-state index contributed by atoms with van der Waals surface area (Å²) in [5.74, 6) is 1.04. The number of nitrogens with zero attached hydrogens (tertiary/aromatic N) is 4. The van der Waals surface area contributed by atoms with Gasteiger partial charge in [-0.25, -0.2) is 9.97 Å². The summed E-state index contributed by atoms with van der Waals surface area (Å²) in [5.41, 5.74) is 10.9. The van der Waals surface area contributed by atoms with Gasteiger partial charge in [-0.1, -0.05) is 31.2 Å². The van der Waals surface area contributed by atoms with E-state index in [0.29, 0.717) is 11.8 Å².